The van der Waals surface area contributed by atoms with Gasteiger partial charge in [-0.1, -0.05) is 25.6 Å². The molecule has 1 aliphatic heterocycles. The Morgan fingerprint density at radius 2 is 2.00 bits per heavy atom. The Bertz CT molecular complexity index is 424. The zero-order valence-corrected chi connectivity index (χ0v) is 12.0. The van der Waals surface area contributed by atoms with Gasteiger partial charge in [-0.05, 0) is 12.8 Å². The number of amides is 1. The summed E-state index contributed by atoms with van der Waals surface area (Å²) in [5, 5.41) is 9.12. The van der Waals surface area contributed by atoms with Gasteiger partial charge >= 0.3 is 0 Å². The first-order valence-corrected chi connectivity index (χ1v) is 7.38. The second-order valence-electron chi connectivity index (χ2n) is 4.93. The highest BCUT2D eigenvalue weighted by atomic mass is 32.2. The molecule has 0 atom stereocenters. The Kier molecular flexibility index (Phi) is 4.27. The minimum absolute atomic E-state index is 0.214. The predicted octanol–water partition coefficient (Wildman–Crippen LogP) is 1.65. The summed E-state index contributed by atoms with van der Waals surface area (Å²) in [6, 6.07) is 0. The van der Waals surface area contributed by atoms with E-state index >= 15 is 0 Å². The molecule has 0 aliphatic carbocycles. The van der Waals surface area contributed by atoms with Crippen molar-refractivity contribution >= 4 is 17.7 Å². The van der Waals surface area contributed by atoms with Crippen molar-refractivity contribution in [2.75, 3.05) is 18.8 Å². The van der Waals surface area contributed by atoms with Crippen LogP contribution in [0.25, 0.3) is 0 Å². The molecule has 2 rings (SSSR count). The van der Waals surface area contributed by atoms with Gasteiger partial charge in [0.25, 0.3) is 0 Å². The minimum Gasteiger partial charge on any atom is -0.342 e. The number of nitrogens with zero attached hydrogens (tertiary/aromatic N) is 4. The molecule has 0 bridgehead atoms. The van der Waals surface area contributed by atoms with E-state index in [1.807, 2.05) is 16.5 Å². The molecule has 0 saturated carbocycles. The summed E-state index contributed by atoms with van der Waals surface area (Å²) >= 11 is 1.48. The summed E-state index contributed by atoms with van der Waals surface area (Å²) in [4.78, 5) is 13.9. The molecule has 1 amide bonds. The lowest BCUT2D eigenvalue weighted by Gasteiger charge is -2.14. The van der Waals surface area contributed by atoms with E-state index in [1.165, 1.54) is 11.8 Å². The Hall–Kier alpha value is -1.04. The van der Waals surface area contributed by atoms with Gasteiger partial charge in [-0.15, -0.1) is 10.2 Å². The van der Waals surface area contributed by atoms with Crippen LogP contribution >= 0.6 is 11.8 Å². The number of rotatable bonds is 4. The molecule has 1 fully saturated rings. The van der Waals surface area contributed by atoms with Crippen molar-refractivity contribution in [3.8, 4) is 0 Å². The van der Waals surface area contributed by atoms with E-state index in [1.54, 1.807) is 0 Å². The standard InChI is InChI=1S/C12H20N4OS/c1-9(2)11-13-14-12(15(11)3)18-8-10(17)16-6-4-5-7-16/h9H,4-8H2,1-3H3. The highest BCUT2D eigenvalue weighted by molar-refractivity contribution is 7.99. The number of aromatic nitrogens is 3. The third-order valence-electron chi connectivity index (χ3n) is 3.17. The molecule has 1 aromatic rings. The monoisotopic (exact) mass is 268 g/mol. The van der Waals surface area contributed by atoms with Crippen LogP contribution in [-0.2, 0) is 11.8 Å². The molecule has 100 valence electrons. The molecule has 5 nitrogen and oxygen atoms in total. The number of carbonyl (C=O) groups is 1. The van der Waals surface area contributed by atoms with Gasteiger partial charge in [-0.25, -0.2) is 0 Å². The normalized spacial score (nSPS) is 15.7. The molecule has 18 heavy (non-hydrogen) atoms. The fourth-order valence-corrected chi connectivity index (χ4v) is 2.96. The van der Waals surface area contributed by atoms with Crippen LogP contribution in [-0.4, -0.2) is 44.4 Å². The van der Waals surface area contributed by atoms with E-state index < -0.39 is 0 Å². The molecule has 6 heteroatoms. The number of hydrogen-bond donors (Lipinski definition) is 0. The van der Waals surface area contributed by atoms with Crippen molar-refractivity contribution in [1.82, 2.24) is 19.7 Å². The van der Waals surface area contributed by atoms with Crippen LogP contribution in [0.4, 0.5) is 0 Å². The van der Waals surface area contributed by atoms with Gasteiger partial charge in [-0.2, -0.15) is 0 Å². The Balaban J connectivity index is 1.91. The van der Waals surface area contributed by atoms with Crippen molar-refractivity contribution in [2.45, 2.75) is 37.8 Å². The van der Waals surface area contributed by atoms with Gasteiger partial charge in [0.05, 0.1) is 5.75 Å². The summed E-state index contributed by atoms with van der Waals surface area (Å²) < 4.78 is 1.98. The van der Waals surface area contributed by atoms with Crippen molar-refractivity contribution in [2.24, 2.45) is 7.05 Å². The van der Waals surface area contributed by atoms with Crippen LogP contribution in [0, 0.1) is 0 Å². The quantitative estimate of drug-likeness (QED) is 0.779. The van der Waals surface area contributed by atoms with Gasteiger partial charge < -0.3 is 9.47 Å². The van der Waals surface area contributed by atoms with Crippen LogP contribution < -0.4 is 0 Å². The van der Waals surface area contributed by atoms with Gasteiger partial charge in [0.15, 0.2) is 5.16 Å². The summed E-state index contributed by atoms with van der Waals surface area (Å²) in [5.41, 5.74) is 0. The van der Waals surface area contributed by atoms with Gasteiger partial charge in [-0.3, -0.25) is 4.79 Å². The van der Waals surface area contributed by atoms with Gasteiger partial charge in [0.1, 0.15) is 5.82 Å². The minimum atomic E-state index is 0.214. The SMILES string of the molecule is CC(C)c1nnc(SCC(=O)N2CCCC2)n1C. The average Bonchev–Trinajstić information content (AvgIpc) is 2.95. The van der Waals surface area contributed by atoms with Crippen LogP contribution in [0.1, 0.15) is 38.4 Å². The number of carbonyl (C=O) groups excluding carboxylic acids is 1. The van der Waals surface area contributed by atoms with Crippen LogP contribution in [0.2, 0.25) is 0 Å². The molecule has 0 unspecified atom stereocenters. The summed E-state index contributed by atoms with van der Waals surface area (Å²) in [6.07, 6.45) is 2.27. The lowest BCUT2D eigenvalue weighted by atomic mass is 10.2. The second-order valence-corrected chi connectivity index (χ2v) is 5.87. The molecule has 1 aromatic heterocycles. The maximum atomic E-state index is 11.9. The number of thioether (sulfide) groups is 1. The van der Waals surface area contributed by atoms with Crippen LogP contribution in [0.3, 0.4) is 0 Å². The first-order valence-electron chi connectivity index (χ1n) is 6.39. The largest absolute Gasteiger partial charge is 0.342 e. The van der Waals surface area contributed by atoms with Crippen molar-refractivity contribution in [3.63, 3.8) is 0 Å². The summed E-state index contributed by atoms with van der Waals surface area (Å²) in [6.45, 7) is 6.01. The molecule has 2 heterocycles. The fraction of sp³-hybridized carbons (Fsp3) is 0.750. The van der Waals surface area contributed by atoms with E-state index in [9.17, 15) is 4.79 Å². The molecule has 1 aliphatic rings. The Labute approximate surface area is 112 Å². The van der Waals surface area contributed by atoms with Crippen LogP contribution in [0.5, 0.6) is 0 Å². The van der Waals surface area contributed by atoms with E-state index in [4.69, 9.17) is 0 Å². The zero-order chi connectivity index (χ0) is 13.1. The average molecular weight is 268 g/mol. The van der Waals surface area contributed by atoms with Crippen molar-refractivity contribution in [3.05, 3.63) is 5.82 Å². The maximum absolute atomic E-state index is 11.9. The van der Waals surface area contributed by atoms with Crippen molar-refractivity contribution in [1.29, 1.82) is 0 Å². The number of likely N-dealkylation sites (tertiary alicyclic amines) is 1. The zero-order valence-electron chi connectivity index (χ0n) is 11.2. The van der Waals surface area contributed by atoms with Gasteiger partial charge in [0, 0.05) is 26.1 Å². The fourth-order valence-electron chi connectivity index (χ4n) is 2.14. The third-order valence-corrected chi connectivity index (χ3v) is 4.17. The van der Waals surface area contributed by atoms with E-state index in [2.05, 4.69) is 24.0 Å². The maximum Gasteiger partial charge on any atom is 0.233 e. The topological polar surface area (TPSA) is 51.0 Å². The first kappa shape index (κ1) is 13.4. The lowest BCUT2D eigenvalue weighted by molar-refractivity contribution is -0.127. The first-order chi connectivity index (χ1) is 8.59. The molecule has 1 saturated heterocycles. The third kappa shape index (κ3) is 2.85. The molecular weight excluding hydrogens is 248 g/mol. The van der Waals surface area contributed by atoms with E-state index in [0.717, 1.165) is 36.9 Å². The predicted molar refractivity (Wildman–Crippen MR) is 71.6 cm³/mol. The smallest absolute Gasteiger partial charge is 0.233 e. The summed E-state index contributed by atoms with van der Waals surface area (Å²) in [7, 11) is 1.96. The van der Waals surface area contributed by atoms with Crippen LogP contribution in [0.15, 0.2) is 5.16 Å². The molecule has 0 radical (unpaired) electrons. The Morgan fingerprint density at radius 1 is 1.33 bits per heavy atom. The molecule has 0 spiro atoms. The van der Waals surface area contributed by atoms with Crippen molar-refractivity contribution < 1.29 is 4.79 Å². The second kappa shape index (κ2) is 5.73. The highest BCUT2D eigenvalue weighted by Gasteiger charge is 2.19. The van der Waals surface area contributed by atoms with E-state index in [-0.39, 0.29) is 5.91 Å². The summed E-state index contributed by atoms with van der Waals surface area (Å²) in [5.74, 6) is 1.99. The molecule has 0 N–H and O–H groups in total. The lowest BCUT2D eigenvalue weighted by Crippen LogP contribution is -2.29. The highest BCUT2D eigenvalue weighted by Crippen LogP contribution is 2.20. The van der Waals surface area contributed by atoms with E-state index in [0.29, 0.717) is 11.7 Å². The number of hydrogen-bond acceptors (Lipinski definition) is 4. The molecular formula is C12H20N4OS. The molecule has 0 aromatic carbocycles. The Morgan fingerprint density at radius 3 is 2.56 bits per heavy atom. The van der Waals surface area contributed by atoms with Gasteiger partial charge in [0.2, 0.25) is 5.91 Å².